The maximum Gasteiger partial charge on any atom is 0.167 e. The molecule has 0 saturated carbocycles. The van der Waals surface area contributed by atoms with E-state index in [0.717, 1.165) is 0 Å². The molecule has 5 heteroatoms. The van der Waals surface area contributed by atoms with Gasteiger partial charge in [-0.05, 0) is 18.6 Å². The molecule has 2 nitrogen and oxygen atoms in total. The zero-order valence-corrected chi connectivity index (χ0v) is 8.69. The Bertz CT molecular complexity index is 424. The summed E-state index contributed by atoms with van der Waals surface area (Å²) in [6.45, 7) is 1.65. The van der Waals surface area contributed by atoms with Crippen molar-refractivity contribution in [2.75, 3.05) is 0 Å². The second kappa shape index (κ2) is 3.33. The quantitative estimate of drug-likeness (QED) is 0.694. The molecule has 0 aliphatic carbocycles. The van der Waals surface area contributed by atoms with Crippen molar-refractivity contribution in [3.05, 3.63) is 33.8 Å². The molecule has 0 aliphatic rings. The highest BCUT2D eigenvalue weighted by molar-refractivity contribution is 6.40. The molecule has 0 amide bonds. The SMILES string of the molecule is Cc1cc2nc(Cl)c(Cl)nc2cc1F. The number of rotatable bonds is 0. The third-order valence-corrected chi connectivity index (χ3v) is 2.49. The third-order valence-electron chi connectivity index (χ3n) is 1.86. The molecular formula is C9H5Cl2FN2. The molecular weight excluding hydrogens is 226 g/mol. The molecule has 0 bridgehead atoms. The van der Waals surface area contributed by atoms with E-state index < -0.39 is 0 Å². The first-order valence-electron chi connectivity index (χ1n) is 3.87. The summed E-state index contributed by atoms with van der Waals surface area (Å²) >= 11 is 11.3. The van der Waals surface area contributed by atoms with Crippen LogP contribution in [0.1, 0.15) is 5.56 Å². The molecule has 2 rings (SSSR count). The Morgan fingerprint density at radius 3 is 2.14 bits per heavy atom. The Hall–Kier alpha value is -0.930. The Labute approximate surface area is 89.7 Å². The maximum absolute atomic E-state index is 13.1. The van der Waals surface area contributed by atoms with E-state index in [-0.39, 0.29) is 16.1 Å². The lowest BCUT2D eigenvalue weighted by atomic mass is 10.2. The van der Waals surface area contributed by atoms with Crippen LogP contribution in [0, 0.1) is 12.7 Å². The number of fused-ring (bicyclic) bond motifs is 1. The second-order valence-electron chi connectivity index (χ2n) is 2.90. The number of aryl methyl sites for hydroxylation is 1. The van der Waals surface area contributed by atoms with Crippen molar-refractivity contribution in [1.29, 1.82) is 0 Å². The van der Waals surface area contributed by atoms with Gasteiger partial charge in [0, 0.05) is 6.07 Å². The molecule has 0 N–H and O–H groups in total. The zero-order valence-electron chi connectivity index (χ0n) is 7.18. The summed E-state index contributed by atoms with van der Waals surface area (Å²) in [5, 5.41) is 0.215. The molecule has 0 fully saturated rings. The summed E-state index contributed by atoms with van der Waals surface area (Å²) in [6.07, 6.45) is 0. The lowest BCUT2D eigenvalue weighted by Crippen LogP contribution is -1.90. The van der Waals surface area contributed by atoms with Gasteiger partial charge in [0.2, 0.25) is 0 Å². The minimum absolute atomic E-state index is 0.0856. The molecule has 0 spiro atoms. The molecule has 0 unspecified atom stereocenters. The van der Waals surface area contributed by atoms with E-state index in [1.54, 1.807) is 13.0 Å². The highest BCUT2D eigenvalue weighted by Crippen LogP contribution is 2.22. The first-order chi connectivity index (χ1) is 6.58. The average molecular weight is 231 g/mol. The number of halogens is 3. The molecule has 2 aromatic rings. The van der Waals surface area contributed by atoms with Crippen molar-refractivity contribution in [3.8, 4) is 0 Å². The van der Waals surface area contributed by atoms with Gasteiger partial charge in [0.05, 0.1) is 11.0 Å². The topological polar surface area (TPSA) is 25.8 Å². The minimum atomic E-state index is -0.329. The Morgan fingerprint density at radius 1 is 1.07 bits per heavy atom. The van der Waals surface area contributed by atoms with Crippen molar-refractivity contribution in [1.82, 2.24) is 9.97 Å². The van der Waals surface area contributed by atoms with Crippen molar-refractivity contribution in [2.24, 2.45) is 0 Å². The molecule has 0 radical (unpaired) electrons. The van der Waals surface area contributed by atoms with E-state index in [1.807, 2.05) is 0 Å². The van der Waals surface area contributed by atoms with Crippen LogP contribution < -0.4 is 0 Å². The van der Waals surface area contributed by atoms with Crippen LogP contribution in [0.4, 0.5) is 4.39 Å². The standard InChI is InChI=1S/C9H5Cl2FN2/c1-4-2-6-7(3-5(4)12)14-9(11)8(10)13-6/h2-3H,1H3. The summed E-state index contributed by atoms with van der Waals surface area (Å²) in [4.78, 5) is 7.89. The van der Waals surface area contributed by atoms with Crippen LogP contribution in [0.2, 0.25) is 10.3 Å². The summed E-state index contributed by atoms with van der Waals surface area (Å²) < 4.78 is 13.1. The number of aromatic nitrogens is 2. The van der Waals surface area contributed by atoms with Crippen LogP contribution >= 0.6 is 23.2 Å². The van der Waals surface area contributed by atoms with Crippen LogP contribution in [-0.4, -0.2) is 9.97 Å². The summed E-state index contributed by atoms with van der Waals surface area (Å²) in [6, 6.07) is 2.87. The number of nitrogens with zero attached hydrogens (tertiary/aromatic N) is 2. The van der Waals surface area contributed by atoms with Gasteiger partial charge in [-0.3, -0.25) is 0 Å². The van der Waals surface area contributed by atoms with Crippen LogP contribution in [0.5, 0.6) is 0 Å². The Morgan fingerprint density at radius 2 is 1.57 bits per heavy atom. The number of hydrogen-bond acceptors (Lipinski definition) is 2. The van der Waals surface area contributed by atoms with E-state index in [4.69, 9.17) is 23.2 Å². The van der Waals surface area contributed by atoms with Gasteiger partial charge < -0.3 is 0 Å². The van der Waals surface area contributed by atoms with Gasteiger partial charge in [0.25, 0.3) is 0 Å². The molecule has 0 aliphatic heterocycles. The fourth-order valence-electron chi connectivity index (χ4n) is 1.14. The van der Waals surface area contributed by atoms with Gasteiger partial charge in [-0.15, -0.1) is 0 Å². The van der Waals surface area contributed by atoms with Crippen molar-refractivity contribution < 1.29 is 4.39 Å². The van der Waals surface area contributed by atoms with Gasteiger partial charge >= 0.3 is 0 Å². The van der Waals surface area contributed by atoms with Gasteiger partial charge in [0.1, 0.15) is 5.82 Å². The van der Waals surface area contributed by atoms with E-state index in [2.05, 4.69) is 9.97 Å². The second-order valence-corrected chi connectivity index (χ2v) is 3.61. The van der Waals surface area contributed by atoms with Gasteiger partial charge in [-0.1, -0.05) is 23.2 Å². The van der Waals surface area contributed by atoms with Gasteiger partial charge in [-0.2, -0.15) is 0 Å². The molecule has 1 aromatic carbocycles. The summed E-state index contributed by atoms with van der Waals surface area (Å²) in [5.41, 5.74) is 1.45. The van der Waals surface area contributed by atoms with Crippen molar-refractivity contribution in [3.63, 3.8) is 0 Å². The summed E-state index contributed by atoms with van der Waals surface area (Å²) in [7, 11) is 0. The normalized spacial score (nSPS) is 10.9. The largest absolute Gasteiger partial charge is 0.231 e. The lowest BCUT2D eigenvalue weighted by Gasteiger charge is -2.01. The van der Waals surface area contributed by atoms with Crippen molar-refractivity contribution in [2.45, 2.75) is 6.92 Å². The van der Waals surface area contributed by atoms with E-state index in [9.17, 15) is 4.39 Å². The molecule has 1 heterocycles. The summed E-state index contributed by atoms with van der Waals surface area (Å²) in [5.74, 6) is -0.329. The maximum atomic E-state index is 13.1. The number of hydrogen-bond donors (Lipinski definition) is 0. The van der Waals surface area contributed by atoms with E-state index in [0.29, 0.717) is 16.6 Å². The van der Waals surface area contributed by atoms with E-state index >= 15 is 0 Å². The number of benzene rings is 1. The molecule has 14 heavy (non-hydrogen) atoms. The van der Waals surface area contributed by atoms with Gasteiger partial charge in [-0.25, -0.2) is 14.4 Å². The highest BCUT2D eigenvalue weighted by Gasteiger charge is 2.07. The highest BCUT2D eigenvalue weighted by atomic mass is 35.5. The molecule has 0 atom stereocenters. The monoisotopic (exact) mass is 230 g/mol. The Balaban J connectivity index is 2.83. The van der Waals surface area contributed by atoms with Crippen LogP contribution in [0.25, 0.3) is 11.0 Å². The van der Waals surface area contributed by atoms with Gasteiger partial charge in [0.15, 0.2) is 10.3 Å². The van der Waals surface area contributed by atoms with Crippen molar-refractivity contribution >= 4 is 34.2 Å². The predicted octanol–water partition coefficient (Wildman–Crippen LogP) is 3.38. The van der Waals surface area contributed by atoms with E-state index in [1.165, 1.54) is 6.07 Å². The minimum Gasteiger partial charge on any atom is -0.231 e. The van der Waals surface area contributed by atoms with Crippen LogP contribution in [0.3, 0.4) is 0 Å². The molecule has 1 aromatic heterocycles. The smallest absolute Gasteiger partial charge is 0.167 e. The lowest BCUT2D eigenvalue weighted by molar-refractivity contribution is 0.620. The third kappa shape index (κ3) is 1.53. The first-order valence-corrected chi connectivity index (χ1v) is 4.62. The fourth-order valence-corrected chi connectivity index (χ4v) is 1.41. The molecule has 72 valence electrons. The fraction of sp³-hybridized carbons (Fsp3) is 0.111. The zero-order chi connectivity index (χ0) is 10.3. The molecule has 0 saturated heterocycles. The predicted molar refractivity (Wildman–Crippen MR) is 54.3 cm³/mol. The average Bonchev–Trinajstić information content (AvgIpc) is 2.11. The Kier molecular flexibility index (Phi) is 2.29. The van der Waals surface area contributed by atoms with Crippen LogP contribution in [-0.2, 0) is 0 Å². The first kappa shape index (κ1) is 9.62. The van der Waals surface area contributed by atoms with Crippen LogP contribution in [0.15, 0.2) is 12.1 Å².